The van der Waals surface area contributed by atoms with Crippen LogP contribution in [0.25, 0.3) is 16.5 Å². The quantitative estimate of drug-likeness (QED) is 0.412. The van der Waals surface area contributed by atoms with Crippen LogP contribution in [0.5, 0.6) is 0 Å². The van der Waals surface area contributed by atoms with Crippen LogP contribution in [-0.4, -0.2) is 26.2 Å². The van der Waals surface area contributed by atoms with Crippen molar-refractivity contribution in [2.75, 3.05) is 0 Å². The largest absolute Gasteiger partial charge is 0.478 e. The highest BCUT2D eigenvalue weighted by Gasteiger charge is 2.32. The van der Waals surface area contributed by atoms with Gasteiger partial charge in [0.1, 0.15) is 4.32 Å². The van der Waals surface area contributed by atoms with Crippen molar-refractivity contribution in [3.8, 4) is 10.4 Å². The molecular formula is C20H13NO3S4. The van der Waals surface area contributed by atoms with E-state index in [2.05, 4.69) is 0 Å². The van der Waals surface area contributed by atoms with Crippen LogP contribution in [-0.2, 0) is 11.3 Å². The number of carboxylic acids is 1. The van der Waals surface area contributed by atoms with Gasteiger partial charge in [0.2, 0.25) is 0 Å². The number of hydrogen-bond acceptors (Lipinski definition) is 6. The molecule has 1 aliphatic heterocycles. The average Bonchev–Trinajstić information content (AvgIpc) is 3.41. The number of carboxylic acid groups (broad SMARTS) is 1. The van der Waals surface area contributed by atoms with Crippen LogP contribution >= 0.6 is 46.7 Å². The number of carbonyl (C=O) groups is 2. The second-order valence-corrected chi connectivity index (χ2v) is 9.76. The van der Waals surface area contributed by atoms with Crippen LogP contribution < -0.4 is 0 Å². The van der Waals surface area contributed by atoms with E-state index in [1.165, 1.54) is 11.8 Å². The Labute approximate surface area is 179 Å². The molecule has 4 nitrogen and oxygen atoms in total. The minimum atomic E-state index is -0.942. The summed E-state index contributed by atoms with van der Waals surface area (Å²) in [5, 5.41) is 11.0. The normalized spacial score (nSPS) is 15.6. The lowest BCUT2D eigenvalue weighted by molar-refractivity contribution is -0.122. The van der Waals surface area contributed by atoms with Crippen molar-refractivity contribution in [3.05, 3.63) is 74.1 Å². The fraction of sp³-hybridized carbons (Fsp3) is 0.0500. The van der Waals surface area contributed by atoms with Crippen LogP contribution in [0.4, 0.5) is 0 Å². The Bertz CT molecular complexity index is 1080. The van der Waals surface area contributed by atoms with E-state index >= 15 is 0 Å². The van der Waals surface area contributed by atoms with Crippen LogP contribution in [0, 0.1) is 0 Å². The molecule has 1 N–H and O–H groups in total. The van der Waals surface area contributed by atoms with Crippen molar-refractivity contribution >= 4 is 68.9 Å². The highest BCUT2D eigenvalue weighted by atomic mass is 32.2. The van der Waals surface area contributed by atoms with Crippen molar-refractivity contribution in [2.45, 2.75) is 6.54 Å². The molecule has 3 aromatic rings. The van der Waals surface area contributed by atoms with Crippen molar-refractivity contribution in [1.29, 1.82) is 0 Å². The van der Waals surface area contributed by atoms with Crippen LogP contribution in [0.1, 0.15) is 20.1 Å². The SMILES string of the molecule is O=C(O)c1ccc(-c2ccc(/C=C3/SC(=S)N(Cc4cccs4)C3=O)s2)cc1. The van der Waals surface area contributed by atoms with Gasteiger partial charge >= 0.3 is 5.97 Å². The van der Waals surface area contributed by atoms with Gasteiger partial charge in [-0.1, -0.05) is 42.2 Å². The number of aromatic carboxylic acids is 1. The third kappa shape index (κ3) is 3.95. The summed E-state index contributed by atoms with van der Waals surface area (Å²) in [5.41, 5.74) is 1.20. The maximum Gasteiger partial charge on any atom is 0.335 e. The zero-order chi connectivity index (χ0) is 19.7. The first-order chi connectivity index (χ1) is 13.5. The van der Waals surface area contributed by atoms with Crippen LogP contribution in [0.15, 0.2) is 58.8 Å². The second kappa shape index (κ2) is 8.00. The van der Waals surface area contributed by atoms with Gasteiger partial charge in [-0.15, -0.1) is 22.7 Å². The molecule has 140 valence electrons. The third-order valence-electron chi connectivity index (χ3n) is 4.08. The Hall–Kier alpha value is -2.26. The Morgan fingerprint density at radius 1 is 1.14 bits per heavy atom. The summed E-state index contributed by atoms with van der Waals surface area (Å²) < 4.78 is 0.575. The first-order valence-electron chi connectivity index (χ1n) is 8.22. The summed E-state index contributed by atoms with van der Waals surface area (Å²) in [6.45, 7) is 0.505. The molecule has 0 radical (unpaired) electrons. The van der Waals surface area contributed by atoms with Crippen LogP contribution in [0.3, 0.4) is 0 Å². The number of benzene rings is 1. The van der Waals surface area contributed by atoms with Gasteiger partial charge in [-0.2, -0.15) is 0 Å². The number of hydrogen-bond donors (Lipinski definition) is 1. The summed E-state index contributed by atoms with van der Waals surface area (Å²) in [6.07, 6.45) is 1.87. The van der Waals surface area contributed by atoms with E-state index in [9.17, 15) is 9.59 Å². The number of thiophene rings is 2. The van der Waals surface area contributed by atoms with Gasteiger partial charge in [-0.3, -0.25) is 9.69 Å². The Balaban J connectivity index is 1.52. The van der Waals surface area contributed by atoms with Crippen molar-refractivity contribution in [1.82, 2.24) is 4.90 Å². The van der Waals surface area contributed by atoms with E-state index in [1.807, 2.05) is 35.7 Å². The molecule has 1 amide bonds. The predicted octanol–water partition coefficient (Wildman–Crippen LogP) is 5.58. The molecule has 1 aliphatic rings. The van der Waals surface area contributed by atoms with Gasteiger partial charge in [0.15, 0.2) is 0 Å². The standard InChI is InChI=1S/C20H13NO3S4/c22-18-17(28-20(25)21(18)11-15-2-1-9-26-15)10-14-7-8-16(27-14)12-3-5-13(6-4-12)19(23)24/h1-10H,11H2,(H,23,24)/b17-10+. The average molecular weight is 444 g/mol. The van der Waals surface area contributed by atoms with Crippen molar-refractivity contribution < 1.29 is 14.7 Å². The molecule has 4 rings (SSSR count). The van der Waals surface area contributed by atoms with Crippen molar-refractivity contribution in [3.63, 3.8) is 0 Å². The molecule has 0 bridgehead atoms. The fourth-order valence-electron chi connectivity index (χ4n) is 2.69. The number of carbonyl (C=O) groups excluding carboxylic acids is 1. The van der Waals surface area contributed by atoms with E-state index in [1.54, 1.807) is 51.8 Å². The molecule has 1 saturated heterocycles. The van der Waals surface area contributed by atoms with Crippen molar-refractivity contribution in [2.24, 2.45) is 0 Å². The maximum absolute atomic E-state index is 12.7. The topological polar surface area (TPSA) is 57.6 Å². The number of thioether (sulfide) groups is 1. The van der Waals surface area contributed by atoms with Crippen LogP contribution in [0.2, 0.25) is 0 Å². The Morgan fingerprint density at radius 3 is 2.61 bits per heavy atom. The van der Waals surface area contributed by atoms with Gasteiger partial charge in [0.25, 0.3) is 5.91 Å². The lowest BCUT2D eigenvalue weighted by atomic mass is 10.1. The van der Waals surface area contributed by atoms with E-state index in [4.69, 9.17) is 17.3 Å². The minimum Gasteiger partial charge on any atom is -0.478 e. The van der Waals surface area contributed by atoms with Gasteiger partial charge < -0.3 is 5.11 Å². The highest BCUT2D eigenvalue weighted by molar-refractivity contribution is 8.26. The monoisotopic (exact) mass is 443 g/mol. The first-order valence-corrected chi connectivity index (χ1v) is 11.1. The molecule has 1 fully saturated rings. The molecule has 0 unspecified atom stereocenters. The molecule has 28 heavy (non-hydrogen) atoms. The fourth-order valence-corrected chi connectivity index (χ4v) is 5.66. The summed E-state index contributed by atoms with van der Waals surface area (Å²) in [4.78, 5) is 29.0. The van der Waals surface area contributed by atoms with E-state index < -0.39 is 5.97 Å². The summed E-state index contributed by atoms with van der Waals surface area (Å²) in [6, 6.07) is 14.6. The molecule has 8 heteroatoms. The zero-order valence-corrected chi connectivity index (χ0v) is 17.6. The summed E-state index contributed by atoms with van der Waals surface area (Å²) in [5.74, 6) is -1.01. The molecule has 0 spiro atoms. The van der Waals surface area contributed by atoms with Gasteiger partial charge in [-0.05, 0) is 47.4 Å². The molecule has 2 aromatic heterocycles. The first kappa shape index (κ1) is 19.1. The summed E-state index contributed by atoms with van der Waals surface area (Å²) >= 11 is 9.86. The third-order valence-corrected chi connectivity index (χ3v) is 7.40. The smallest absolute Gasteiger partial charge is 0.335 e. The lowest BCUT2D eigenvalue weighted by Crippen LogP contribution is -2.26. The van der Waals surface area contributed by atoms with E-state index in [0.29, 0.717) is 15.8 Å². The number of rotatable bonds is 5. The van der Waals surface area contributed by atoms with Gasteiger partial charge in [0.05, 0.1) is 17.0 Å². The Morgan fingerprint density at radius 2 is 1.93 bits per heavy atom. The minimum absolute atomic E-state index is 0.0656. The van der Waals surface area contributed by atoms with Gasteiger partial charge in [0, 0.05) is 14.6 Å². The van der Waals surface area contributed by atoms with E-state index in [-0.39, 0.29) is 11.5 Å². The molecule has 1 aromatic carbocycles. The Kier molecular flexibility index (Phi) is 5.45. The molecular weight excluding hydrogens is 430 g/mol. The number of nitrogens with zero attached hydrogens (tertiary/aromatic N) is 1. The molecule has 3 heterocycles. The number of thiocarbonyl (C=S) groups is 1. The predicted molar refractivity (Wildman–Crippen MR) is 120 cm³/mol. The summed E-state index contributed by atoms with van der Waals surface area (Å²) in [7, 11) is 0. The molecule has 0 atom stereocenters. The maximum atomic E-state index is 12.7. The zero-order valence-electron chi connectivity index (χ0n) is 14.3. The van der Waals surface area contributed by atoms with E-state index in [0.717, 1.165) is 20.2 Å². The molecule has 0 aliphatic carbocycles. The highest BCUT2D eigenvalue weighted by Crippen LogP contribution is 2.36. The second-order valence-electron chi connectivity index (χ2n) is 5.93. The number of amides is 1. The lowest BCUT2D eigenvalue weighted by Gasteiger charge is -2.12. The van der Waals surface area contributed by atoms with Gasteiger partial charge in [-0.25, -0.2) is 4.79 Å². The molecule has 0 saturated carbocycles.